The number of hydrogen-bond donors (Lipinski definition) is 1. The Hall–Kier alpha value is -3.30. The maximum Gasteiger partial charge on any atom is 0.350 e. The maximum absolute atomic E-state index is 13.1. The van der Waals surface area contributed by atoms with Crippen LogP contribution in [0.3, 0.4) is 0 Å². The first-order chi connectivity index (χ1) is 14.9. The lowest BCUT2D eigenvalue weighted by atomic mass is 10.00. The van der Waals surface area contributed by atoms with E-state index in [2.05, 4.69) is 4.98 Å². The third-order valence-corrected chi connectivity index (χ3v) is 6.82. The molecule has 2 aromatic heterocycles. The molecule has 0 saturated carbocycles. The number of aryl methyl sites for hydroxylation is 1. The number of esters is 1. The van der Waals surface area contributed by atoms with Crippen LogP contribution in [0.4, 0.5) is 5.13 Å². The second-order valence-corrected chi connectivity index (χ2v) is 8.64. The number of amides is 1. The molecule has 1 aliphatic rings. The maximum atomic E-state index is 13.1. The number of aliphatic hydroxyl groups is 1. The smallest absolute Gasteiger partial charge is 0.350 e. The van der Waals surface area contributed by atoms with Crippen LogP contribution in [0.25, 0.3) is 5.76 Å². The number of thiophene rings is 1. The fourth-order valence-corrected chi connectivity index (χ4v) is 5.18. The molecular formula is C22H18N2O5S2. The van der Waals surface area contributed by atoms with Crippen LogP contribution in [0, 0.1) is 6.92 Å². The van der Waals surface area contributed by atoms with Crippen molar-refractivity contribution in [2.24, 2.45) is 0 Å². The molecule has 0 radical (unpaired) electrons. The van der Waals surface area contributed by atoms with E-state index in [1.807, 2.05) is 5.38 Å². The van der Waals surface area contributed by atoms with Crippen LogP contribution >= 0.6 is 22.7 Å². The number of aromatic nitrogens is 1. The number of aliphatic hydroxyl groups excluding tert-OH is 1. The number of Topliss-reactive ketones (excluding diaryl/α,β-unsaturated/α-hetero) is 1. The van der Waals surface area contributed by atoms with Crippen LogP contribution in [0.2, 0.25) is 0 Å². The van der Waals surface area contributed by atoms with Gasteiger partial charge in [-0.25, -0.2) is 9.78 Å². The molecule has 4 rings (SSSR count). The van der Waals surface area contributed by atoms with Crippen molar-refractivity contribution in [2.45, 2.75) is 19.9 Å². The molecule has 1 fully saturated rings. The number of nitrogens with zero attached hydrogens (tertiary/aromatic N) is 2. The zero-order chi connectivity index (χ0) is 22.1. The lowest BCUT2D eigenvalue weighted by molar-refractivity contribution is -0.132. The van der Waals surface area contributed by atoms with Gasteiger partial charge in [-0.3, -0.25) is 14.5 Å². The average molecular weight is 455 g/mol. The first kappa shape index (κ1) is 21.0. The number of ether oxygens (including phenoxy) is 1. The van der Waals surface area contributed by atoms with Gasteiger partial charge in [-0.1, -0.05) is 47.7 Å². The van der Waals surface area contributed by atoms with E-state index in [0.717, 1.165) is 11.3 Å². The highest BCUT2D eigenvalue weighted by Gasteiger charge is 2.48. The first-order valence-electron chi connectivity index (χ1n) is 9.48. The SMILES string of the molecule is CCOC(=O)c1sc(N2C(=O)C(=O)/C(=C(/O)c3ccccc3)[C@H]2c2cccs2)nc1C. The van der Waals surface area contributed by atoms with Gasteiger partial charge in [-0.05, 0) is 25.3 Å². The molecule has 0 bridgehead atoms. The lowest BCUT2D eigenvalue weighted by Crippen LogP contribution is -2.29. The summed E-state index contributed by atoms with van der Waals surface area (Å²) in [5, 5.41) is 13.0. The summed E-state index contributed by atoms with van der Waals surface area (Å²) in [5.41, 5.74) is 0.835. The Balaban J connectivity index is 1.87. The Morgan fingerprint density at radius 2 is 1.94 bits per heavy atom. The van der Waals surface area contributed by atoms with Crippen LogP contribution in [0.1, 0.15) is 38.8 Å². The molecule has 1 saturated heterocycles. The number of thiazole rings is 1. The quantitative estimate of drug-likeness (QED) is 0.267. The number of anilines is 1. The minimum atomic E-state index is -0.846. The molecule has 1 amide bonds. The van der Waals surface area contributed by atoms with E-state index < -0.39 is 23.7 Å². The molecule has 7 nitrogen and oxygen atoms in total. The highest BCUT2D eigenvalue weighted by atomic mass is 32.1. The topological polar surface area (TPSA) is 96.8 Å². The number of carbonyl (C=O) groups is 3. The van der Waals surface area contributed by atoms with Gasteiger partial charge < -0.3 is 9.84 Å². The fourth-order valence-electron chi connectivity index (χ4n) is 3.37. The van der Waals surface area contributed by atoms with E-state index in [0.29, 0.717) is 16.1 Å². The number of hydrogen-bond acceptors (Lipinski definition) is 8. The summed E-state index contributed by atoms with van der Waals surface area (Å²) in [6, 6.07) is 11.4. The van der Waals surface area contributed by atoms with Crippen molar-refractivity contribution in [3.05, 3.63) is 74.4 Å². The van der Waals surface area contributed by atoms with E-state index in [1.54, 1.807) is 56.3 Å². The molecule has 158 valence electrons. The molecule has 1 aromatic carbocycles. The van der Waals surface area contributed by atoms with Gasteiger partial charge in [0.1, 0.15) is 16.7 Å². The minimum absolute atomic E-state index is 0.0100. The van der Waals surface area contributed by atoms with Crippen molar-refractivity contribution in [2.75, 3.05) is 11.5 Å². The lowest BCUT2D eigenvalue weighted by Gasteiger charge is -2.21. The van der Waals surface area contributed by atoms with Crippen LogP contribution in [0.15, 0.2) is 53.4 Å². The second-order valence-electron chi connectivity index (χ2n) is 6.68. The van der Waals surface area contributed by atoms with E-state index >= 15 is 0 Å². The van der Waals surface area contributed by atoms with E-state index in [-0.39, 0.29) is 27.9 Å². The minimum Gasteiger partial charge on any atom is -0.507 e. The fraction of sp³-hybridized carbons (Fsp3) is 0.182. The molecule has 3 heterocycles. The van der Waals surface area contributed by atoms with Crippen molar-refractivity contribution in [1.82, 2.24) is 4.98 Å². The van der Waals surface area contributed by atoms with Crippen LogP contribution in [-0.2, 0) is 14.3 Å². The zero-order valence-corrected chi connectivity index (χ0v) is 18.3. The van der Waals surface area contributed by atoms with E-state index in [1.165, 1.54) is 16.2 Å². The highest BCUT2D eigenvalue weighted by Crippen LogP contribution is 2.45. The van der Waals surface area contributed by atoms with Gasteiger partial charge in [0.2, 0.25) is 0 Å². The van der Waals surface area contributed by atoms with Crippen molar-refractivity contribution in [3.63, 3.8) is 0 Å². The Morgan fingerprint density at radius 3 is 2.58 bits per heavy atom. The monoisotopic (exact) mass is 454 g/mol. The van der Waals surface area contributed by atoms with Gasteiger partial charge >= 0.3 is 11.9 Å². The number of rotatable bonds is 5. The summed E-state index contributed by atoms with van der Waals surface area (Å²) in [6.07, 6.45) is 0. The Morgan fingerprint density at radius 1 is 1.19 bits per heavy atom. The van der Waals surface area contributed by atoms with E-state index in [9.17, 15) is 19.5 Å². The largest absolute Gasteiger partial charge is 0.507 e. The second kappa shape index (κ2) is 8.44. The van der Waals surface area contributed by atoms with Crippen molar-refractivity contribution >= 4 is 51.2 Å². The van der Waals surface area contributed by atoms with Crippen molar-refractivity contribution in [1.29, 1.82) is 0 Å². The first-order valence-corrected chi connectivity index (χ1v) is 11.2. The summed E-state index contributed by atoms with van der Waals surface area (Å²) in [7, 11) is 0. The van der Waals surface area contributed by atoms with Crippen LogP contribution in [0.5, 0.6) is 0 Å². The molecule has 1 N–H and O–H groups in total. The van der Waals surface area contributed by atoms with Crippen LogP contribution < -0.4 is 4.90 Å². The molecule has 0 spiro atoms. The molecule has 1 atom stereocenters. The normalized spacial score (nSPS) is 17.9. The molecule has 9 heteroatoms. The van der Waals surface area contributed by atoms with Gasteiger partial charge in [0, 0.05) is 10.4 Å². The van der Waals surface area contributed by atoms with Gasteiger partial charge in [-0.15, -0.1) is 11.3 Å². The standard InChI is InChI=1S/C22H18N2O5S2/c1-3-29-21(28)19-12(2)23-22(31-19)24-16(14-10-7-11-30-14)15(18(26)20(24)27)17(25)13-8-5-4-6-9-13/h4-11,16,25H,3H2,1-2H3/b17-15+/t16-/m1/s1. The van der Waals surface area contributed by atoms with Gasteiger partial charge in [0.05, 0.1) is 17.9 Å². The third-order valence-electron chi connectivity index (χ3n) is 4.76. The zero-order valence-electron chi connectivity index (χ0n) is 16.7. The molecule has 1 aliphatic heterocycles. The van der Waals surface area contributed by atoms with E-state index in [4.69, 9.17) is 4.74 Å². The summed E-state index contributed by atoms with van der Waals surface area (Å²) in [6.45, 7) is 3.56. The Labute approximate surface area is 186 Å². The predicted octanol–water partition coefficient (Wildman–Crippen LogP) is 4.32. The predicted molar refractivity (Wildman–Crippen MR) is 118 cm³/mol. The molecule has 0 aliphatic carbocycles. The molecule has 3 aromatic rings. The number of carbonyl (C=O) groups excluding carboxylic acids is 3. The third kappa shape index (κ3) is 3.66. The Bertz CT molecular complexity index is 1180. The molecule has 0 unspecified atom stereocenters. The summed E-state index contributed by atoms with van der Waals surface area (Å²) < 4.78 is 5.06. The van der Waals surface area contributed by atoms with Crippen LogP contribution in [-0.4, -0.2) is 34.4 Å². The summed E-state index contributed by atoms with van der Waals surface area (Å²) in [5.74, 6) is -2.39. The number of benzene rings is 1. The van der Waals surface area contributed by atoms with Crippen molar-refractivity contribution in [3.8, 4) is 0 Å². The average Bonchev–Trinajstić information content (AvgIpc) is 3.48. The molecular weight excluding hydrogens is 436 g/mol. The summed E-state index contributed by atoms with van der Waals surface area (Å²) in [4.78, 5) is 44.9. The van der Waals surface area contributed by atoms with Crippen molar-refractivity contribution < 1.29 is 24.2 Å². The van der Waals surface area contributed by atoms with Gasteiger partial charge in [-0.2, -0.15) is 0 Å². The Kier molecular flexibility index (Phi) is 5.71. The molecule has 31 heavy (non-hydrogen) atoms. The summed E-state index contributed by atoms with van der Waals surface area (Å²) >= 11 is 2.35. The van der Waals surface area contributed by atoms with Gasteiger partial charge in [0.15, 0.2) is 5.13 Å². The number of ketones is 1. The highest BCUT2D eigenvalue weighted by molar-refractivity contribution is 7.18. The van der Waals surface area contributed by atoms with Gasteiger partial charge in [0.25, 0.3) is 5.78 Å².